The minimum atomic E-state index is -0.386. The first kappa shape index (κ1) is 13.1. The molecule has 0 aliphatic heterocycles. The average molecular weight is 201 g/mol. The third-order valence-corrected chi connectivity index (χ3v) is 1.33. The molecule has 0 saturated carbocycles. The molecule has 0 spiro atoms. The highest BCUT2D eigenvalue weighted by Gasteiger charge is 2.01. The van der Waals surface area contributed by atoms with Gasteiger partial charge in [0.2, 0.25) is 0 Å². The summed E-state index contributed by atoms with van der Waals surface area (Å²) >= 11 is 0. The standard InChI is InChI=1S/C10H17O4/c1-4-12-5-6-13-7-8-14-10(11)9(2)3/h1-2,4-8H2,3H3. The molecular formula is C10H17O4. The Morgan fingerprint density at radius 1 is 1.14 bits per heavy atom. The van der Waals surface area contributed by atoms with Gasteiger partial charge in [0.1, 0.15) is 6.61 Å². The van der Waals surface area contributed by atoms with Gasteiger partial charge in [-0.2, -0.15) is 0 Å². The normalized spacial score (nSPS) is 9.86. The fourth-order valence-corrected chi connectivity index (χ4v) is 0.638. The van der Waals surface area contributed by atoms with Gasteiger partial charge in [0, 0.05) is 12.2 Å². The van der Waals surface area contributed by atoms with E-state index in [1.807, 2.05) is 0 Å². The van der Waals surface area contributed by atoms with Crippen LogP contribution in [0.15, 0.2) is 12.2 Å². The lowest BCUT2D eigenvalue weighted by Gasteiger charge is -2.05. The largest absolute Gasteiger partial charge is 0.460 e. The molecule has 0 saturated heterocycles. The van der Waals surface area contributed by atoms with Crippen LogP contribution in [-0.2, 0) is 19.0 Å². The Balaban J connectivity index is 3.13. The van der Waals surface area contributed by atoms with Crippen molar-refractivity contribution < 1.29 is 19.0 Å². The molecule has 0 bridgehead atoms. The second-order valence-electron chi connectivity index (χ2n) is 2.64. The van der Waals surface area contributed by atoms with Crippen molar-refractivity contribution in [3.63, 3.8) is 0 Å². The molecule has 0 amide bonds. The van der Waals surface area contributed by atoms with Crippen molar-refractivity contribution >= 4 is 5.97 Å². The first-order valence-electron chi connectivity index (χ1n) is 4.46. The van der Waals surface area contributed by atoms with Crippen molar-refractivity contribution in [1.29, 1.82) is 0 Å². The van der Waals surface area contributed by atoms with E-state index in [9.17, 15) is 4.79 Å². The van der Waals surface area contributed by atoms with Crippen molar-refractivity contribution in [2.24, 2.45) is 0 Å². The Morgan fingerprint density at radius 3 is 2.29 bits per heavy atom. The summed E-state index contributed by atoms with van der Waals surface area (Å²) in [5, 5.41) is 0. The summed E-state index contributed by atoms with van der Waals surface area (Å²) < 4.78 is 14.8. The van der Waals surface area contributed by atoms with E-state index in [0.717, 1.165) is 0 Å². The number of rotatable bonds is 8. The second-order valence-corrected chi connectivity index (χ2v) is 2.64. The van der Waals surface area contributed by atoms with E-state index in [2.05, 4.69) is 13.5 Å². The predicted molar refractivity (Wildman–Crippen MR) is 52.8 cm³/mol. The Kier molecular flexibility index (Phi) is 8.17. The molecule has 0 unspecified atom stereocenters. The van der Waals surface area contributed by atoms with E-state index in [-0.39, 0.29) is 12.6 Å². The Hall–Kier alpha value is -0.870. The van der Waals surface area contributed by atoms with Crippen LogP contribution in [-0.4, -0.2) is 39.0 Å². The molecule has 81 valence electrons. The monoisotopic (exact) mass is 201 g/mol. The average Bonchev–Trinajstić information content (AvgIpc) is 2.16. The molecular weight excluding hydrogens is 184 g/mol. The lowest BCUT2D eigenvalue weighted by atomic mass is 10.4. The van der Waals surface area contributed by atoms with Crippen LogP contribution < -0.4 is 0 Å². The summed E-state index contributed by atoms with van der Waals surface area (Å²) in [5.41, 5.74) is 0.394. The summed E-state index contributed by atoms with van der Waals surface area (Å²) in [7, 11) is 0. The van der Waals surface area contributed by atoms with Gasteiger partial charge in [-0.15, -0.1) is 0 Å². The van der Waals surface area contributed by atoms with Crippen LogP contribution in [0, 0.1) is 6.92 Å². The van der Waals surface area contributed by atoms with Crippen LogP contribution in [0.2, 0.25) is 0 Å². The van der Waals surface area contributed by atoms with Crippen LogP contribution >= 0.6 is 0 Å². The number of ether oxygens (including phenoxy) is 3. The van der Waals surface area contributed by atoms with E-state index < -0.39 is 0 Å². The van der Waals surface area contributed by atoms with Crippen LogP contribution in [0.4, 0.5) is 0 Å². The second kappa shape index (κ2) is 8.72. The molecule has 0 rings (SSSR count). The first-order valence-corrected chi connectivity index (χ1v) is 4.46. The molecule has 14 heavy (non-hydrogen) atoms. The minimum Gasteiger partial charge on any atom is -0.460 e. The third-order valence-electron chi connectivity index (χ3n) is 1.33. The zero-order chi connectivity index (χ0) is 10.8. The minimum absolute atomic E-state index is 0.246. The Morgan fingerprint density at radius 2 is 1.71 bits per heavy atom. The van der Waals surface area contributed by atoms with Crippen molar-refractivity contribution in [1.82, 2.24) is 0 Å². The van der Waals surface area contributed by atoms with Gasteiger partial charge in [-0.05, 0) is 13.8 Å². The molecule has 0 N–H and O–H groups in total. The zero-order valence-corrected chi connectivity index (χ0v) is 8.58. The summed E-state index contributed by atoms with van der Waals surface area (Å²) in [6, 6.07) is 0. The highest BCUT2D eigenvalue weighted by Crippen LogP contribution is 1.91. The molecule has 0 aromatic rings. The maximum absolute atomic E-state index is 10.9. The fourth-order valence-electron chi connectivity index (χ4n) is 0.638. The summed E-state index contributed by atoms with van der Waals surface area (Å²) in [6.45, 7) is 10.6. The summed E-state index contributed by atoms with van der Waals surface area (Å²) in [5.74, 6) is -0.386. The number of esters is 1. The van der Waals surface area contributed by atoms with Gasteiger partial charge < -0.3 is 14.2 Å². The van der Waals surface area contributed by atoms with Gasteiger partial charge >= 0.3 is 5.97 Å². The van der Waals surface area contributed by atoms with Crippen LogP contribution in [0.5, 0.6) is 0 Å². The van der Waals surface area contributed by atoms with E-state index in [0.29, 0.717) is 32.0 Å². The van der Waals surface area contributed by atoms with Gasteiger partial charge in [0.25, 0.3) is 0 Å². The first-order chi connectivity index (χ1) is 6.68. The van der Waals surface area contributed by atoms with E-state index in [1.54, 1.807) is 6.92 Å². The third kappa shape index (κ3) is 7.76. The molecule has 4 heteroatoms. The molecule has 0 aromatic heterocycles. The molecule has 0 atom stereocenters. The quantitative estimate of drug-likeness (QED) is 0.333. The van der Waals surface area contributed by atoms with Crippen molar-refractivity contribution in [2.75, 3.05) is 33.0 Å². The van der Waals surface area contributed by atoms with Gasteiger partial charge in [-0.25, -0.2) is 4.79 Å². The topological polar surface area (TPSA) is 44.8 Å². The maximum Gasteiger partial charge on any atom is 0.333 e. The number of hydrogen-bond acceptors (Lipinski definition) is 4. The molecule has 0 heterocycles. The van der Waals surface area contributed by atoms with E-state index in [4.69, 9.17) is 14.2 Å². The lowest BCUT2D eigenvalue weighted by molar-refractivity contribution is -0.140. The molecule has 0 aliphatic rings. The number of carbonyl (C=O) groups excluding carboxylic acids is 1. The smallest absolute Gasteiger partial charge is 0.333 e. The van der Waals surface area contributed by atoms with Gasteiger partial charge in [-0.3, -0.25) is 0 Å². The van der Waals surface area contributed by atoms with Crippen LogP contribution in [0.1, 0.15) is 6.92 Å². The zero-order valence-electron chi connectivity index (χ0n) is 8.58. The molecule has 1 radical (unpaired) electrons. The van der Waals surface area contributed by atoms with E-state index >= 15 is 0 Å². The molecule has 0 aromatic carbocycles. The van der Waals surface area contributed by atoms with E-state index in [1.165, 1.54) is 0 Å². The van der Waals surface area contributed by atoms with Crippen molar-refractivity contribution in [3.05, 3.63) is 19.1 Å². The van der Waals surface area contributed by atoms with Gasteiger partial charge in [0.15, 0.2) is 0 Å². The number of hydrogen-bond donors (Lipinski definition) is 0. The van der Waals surface area contributed by atoms with Crippen LogP contribution in [0.3, 0.4) is 0 Å². The number of carbonyl (C=O) groups is 1. The summed E-state index contributed by atoms with van der Waals surface area (Å²) in [6.07, 6.45) is 0. The highest BCUT2D eigenvalue weighted by atomic mass is 16.6. The molecule has 0 fully saturated rings. The molecule has 0 aliphatic carbocycles. The highest BCUT2D eigenvalue weighted by molar-refractivity contribution is 5.86. The maximum atomic E-state index is 10.9. The Labute approximate surface area is 84.8 Å². The van der Waals surface area contributed by atoms with Gasteiger partial charge in [0.05, 0.1) is 19.8 Å². The summed E-state index contributed by atoms with van der Waals surface area (Å²) in [4.78, 5) is 10.9. The van der Waals surface area contributed by atoms with Crippen molar-refractivity contribution in [3.8, 4) is 0 Å². The van der Waals surface area contributed by atoms with Crippen LogP contribution in [0.25, 0.3) is 0 Å². The predicted octanol–water partition coefficient (Wildman–Crippen LogP) is 0.973. The van der Waals surface area contributed by atoms with Crippen molar-refractivity contribution in [2.45, 2.75) is 6.92 Å². The van der Waals surface area contributed by atoms with Gasteiger partial charge in [-0.1, -0.05) is 6.58 Å². The SMILES string of the molecule is [CH2]COCCOCCOC(=O)C(=C)C. The molecule has 4 nitrogen and oxygen atoms in total. The fraction of sp³-hybridized carbons (Fsp3) is 0.600. The lowest BCUT2D eigenvalue weighted by Crippen LogP contribution is -2.13. The Bertz CT molecular complexity index is 177.